The van der Waals surface area contributed by atoms with Gasteiger partial charge in [-0.1, -0.05) is 12.2 Å². The van der Waals surface area contributed by atoms with Gasteiger partial charge in [-0.05, 0) is 18.3 Å². The summed E-state index contributed by atoms with van der Waals surface area (Å²) in [5.74, 6) is 0.914. The fourth-order valence-corrected chi connectivity index (χ4v) is 1.93. The highest BCUT2D eigenvalue weighted by molar-refractivity contribution is 5.77. The number of hydrogen-bond acceptors (Lipinski definition) is 3. The zero-order valence-electron chi connectivity index (χ0n) is 6.77. The van der Waals surface area contributed by atoms with Crippen LogP contribution in [0.15, 0.2) is 12.2 Å². The first-order valence-corrected chi connectivity index (χ1v) is 4.28. The number of rotatable bonds is 3. The Labute approximate surface area is 71.0 Å². The van der Waals surface area contributed by atoms with Gasteiger partial charge in [-0.2, -0.15) is 0 Å². The van der Waals surface area contributed by atoms with Gasteiger partial charge in [0, 0.05) is 0 Å². The highest BCUT2D eigenvalue weighted by Gasteiger charge is 2.55. The predicted molar refractivity (Wildman–Crippen MR) is 42.3 cm³/mol. The highest BCUT2D eigenvalue weighted by Crippen LogP contribution is 2.54. The lowest BCUT2D eigenvalue weighted by atomic mass is 10.2. The van der Waals surface area contributed by atoms with E-state index in [0.29, 0.717) is 11.8 Å². The normalized spacial score (nSPS) is 36.2. The van der Waals surface area contributed by atoms with Gasteiger partial charge in [-0.3, -0.25) is 4.79 Å². The Balaban J connectivity index is 1.80. The summed E-state index contributed by atoms with van der Waals surface area (Å²) in [4.78, 5) is 11.2. The Hall–Kier alpha value is -0.830. The van der Waals surface area contributed by atoms with Crippen molar-refractivity contribution in [3.63, 3.8) is 0 Å². The summed E-state index contributed by atoms with van der Waals surface area (Å²) >= 11 is 0. The average molecular weight is 168 g/mol. The molecule has 0 aromatic carbocycles. The third kappa shape index (κ3) is 1.14. The highest BCUT2D eigenvalue weighted by atomic mass is 16.5. The Morgan fingerprint density at radius 1 is 1.67 bits per heavy atom. The van der Waals surface area contributed by atoms with Gasteiger partial charge in [0.1, 0.15) is 6.61 Å². The minimum Gasteiger partial charge on any atom is -0.463 e. The van der Waals surface area contributed by atoms with Crippen molar-refractivity contribution in [2.75, 3.05) is 13.2 Å². The lowest BCUT2D eigenvalue weighted by Crippen LogP contribution is -2.12. The molecular weight excluding hydrogens is 156 g/mol. The summed E-state index contributed by atoms with van der Waals surface area (Å²) < 4.78 is 4.83. The minimum atomic E-state index is -0.136. The molecule has 0 aromatic rings. The predicted octanol–water partition coefficient (Wildman–Crippen LogP) is 0.344. The van der Waals surface area contributed by atoms with Gasteiger partial charge in [0.25, 0.3) is 0 Å². The number of hydrogen-bond donors (Lipinski definition) is 1. The van der Waals surface area contributed by atoms with Gasteiger partial charge in [0.15, 0.2) is 0 Å². The first kappa shape index (κ1) is 7.80. The quantitative estimate of drug-likeness (QED) is 0.488. The zero-order valence-corrected chi connectivity index (χ0v) is 6.77. The van der Waals surface area contributed by atoms with Crippen LogP contribution in [-0.4, -0.2) is 24.3 Å². The van der Waals surface area contributed by atoms with E-state index in [2.05, 4.69) is 12.2 Å². The van der Waals surface area contributed by atoms with E-state index in [4.69, 9.17) is 9.84 Å². The van der Waals surface area contributed by atoms with E-state index in [0.717, 1.165) is 6.42 Å². The fraction of sp³-hybridized carbons (Fsp3) is 0.667. The fourth-order valence-electron chi connectivity index (χ4n) is 1.93. The van der Waals surface area contributed by atoms with Gasteiger partial charge >= 0.3 is 5.97 Å². The van der Waals surface area contributed by atoms with Crippen molar-refractivity contribution in [2.45, 2.75) is 6.42 Å². The molecule has 2 rings (SSSR count). The van der Waals surface area contributed by atoms with Crippen molar-refractivity contribution in [3.8, 4) is 0 Å². The molecule has 0 radical (unpaired) electrons. The molecule has 0 saturated heterocycles. The van der Waals surface area contributed by atoms with Crippen LogP contribution in [0.3, 0.4) is 0 Å². The zero-order chi connectivity index (χ0) is 8.55. The molecule has 0 bridgehead atoms. The Bertz CT molecular complexity index is 222. The van der Waals surface area contributed by atoms with Crippen LogP contribution in [0.4, 0.5) is 0 Å². The smallest absolute Gasteiger partial charge is 0.309 e. The molecule has 0 aromatic heterocycles. The van der Waals surface area contributed by atoms with Crippen LogP contribution in [0.2, 0.25) is 0 Å². The summed E-state index contributed by atoms with van der Waals surface area (Å²) in [5.41, 5.74) is 0. The molecule has 12 heavy (non-hydrogen) atoms. The number of allylic oxidation sites excluding steroid dienone is 2. The summed E-state index contributed by atoms with van der Waals surface area (Å²) in [6.45, 7) is 0.0577. The average Bonchev–Trinajstić information content (AvgIpc) is 2.56. The number of fused-ring (bicyclic) bond motifs is 1. The van der Waals surface area contributed by atoms with E-state index in [1.165, 1.54) is 0 Å². The Morgan fingerprint density at radius 2 is 2.50 bits per heavy atom. The molecule has 0 aliphatic heterocycles. The van der Waals surface area contributed by atoms with E-state index in [1.54, 1.807) is 0 Å². The van der Waals surface area contributed by atoms with Crippen LogP contribution in [0.5, 0.6) is 0 Å². The standard InChI is InChI=1S/C9H12O3/c10-4-5-12-9(11)8-6-2-1-3-7(6)8/h1-2,6-8,10H,3-5H2. The largest absolute Gasteiger partial charge is 0.463 e. The minimum absolute atomic E-state index is 0.0797. The molecule has 0 spiro atoms. The van der Waals surface area contributed by atoms with Crippen molar-refractivity contribution in [1.29, 1.82) is 0 Å². The lowest BCUT2D eigenvalue weighted by Gasteiger charge is -2.01. The maximum Gasteiger partial charge on any atom is 0.309 e. The van der Waals surface area contributed by atoms with Crippen LogP contribution in [-0.2, 0) is 9.53 Å². The van der Waals surface area contributed by atoms with Crippen molar-refractivity contribution in [1.82, 2.24) is 0 Å². The summed E-state index contributed by atoms with van der Waals surface area (Å²) in [6.07, 6.45) is 5.23. The van der Waals surface area contributed by atoms with Crippen LogP contribution in [0.25, 0.3) is 0 Å². The molecular formula is C9H12O3. The van der Waals surface area contributed by atoms with Gasteiger partial charge < -0.3 is 9.84 Å². The van der Waals surface area contributed by atoms with Crippen molar-refractivity contribution in [2.24, 2.45) is 17.8 Å². The van der Waals surface area contributed by atoms with Crippen molar-refractivity contribution < 1.29 is 14.6 Å². The molecule has 1 saturated carbocycles. The maximum atomic E-state index is 11.2. The second kappa shape index (κ2) is 2.90. The Kier molecular flexibility index (Phi) is 1.89. The third-order valence-electron chi connectivity index (χ3n) is 2.60. The molecule has 3 heteroatoms. The number of esters is 1. The summed E-state index contributed by atoms with van der Waals surface area (Å²) in [7, 11) is 0. The molecule has 1 N–H and O–H groups in total. The van der Waals surface area contributed by atoms with Crippen LogP contribution >= 0.6 is 0 Å². The van der Waals surface area contributed by atoms with Crippen molar-refractivity contribution >= 4 is 5.97 Å². The number of aliphatic hydroxyl groups excluding tert-OH is 1. The van der Waals surface area contributed by atoms with Crippen LogP contribution in [0, 0.1) is 17.8 Å². The molecule has 1 fully saturated rings. The lowest BCUT2D eigenvalue weighted by molar-refractivity contribution is -0.146. The molecule has 3 unspecified atom stereocenters. The summed E-state index contributed by atoms with van der Waals surface area (Å²) in [6, 6.07) is 0. The van der Waals surface area contributed by atoms with Gasteiger partial charge in [-0.25, -0.2) is 0 Å². The van der Waals surface area contributed by atoms with Crippen LogP contribution in [0.1, 0.15) is 6.42 Å². The molecule has 3 atom stereocenters. The molecule has 3 nitrogen and oxygen atoms in total. The maximum absolute atomic E-state index is 11.2. The second-order valence-corrected chi connectivity index (χ2v) is 3.32. The SMILES string of the molecule is O=C(OCCO)C1C2C=CCC21. The van der Waals surface area contributed by atoms with Crippen LogP contribution < -0.4 is 0 Å². The number of ether oxygens (including phenoxy) is 1. The molecule has 2 aliphatic carbocycles. The molecule has 66 valence electrons. The number of carbonyl (C=O) groups is 1. The first-order valence-electron chi connectivity index (χ1n) is 4.28. The van der Waals surface area contributed by atoms with Gasteiger partial charge in [-0.15, -0.1) is 0 Å². The molecule has 0 heterocycles. The summed E-state index contributed by atoms with van der Waals surface area (Å²) in [5, 5.41) is 8.43. The van der Waals surface area contributed by atoms with E-state index in [1.807, 2.05) is 0 Å². The first-order chi connectivity index (χ1) is 5.84. The van der Waals surface area contributed by atoms with E-state index < -0.39 is 0 Å². The molecule has 2 aliphatic rings. The Morgan fingerprint density at radius 3 is 3.08 bits per heavy atom. The monoisotopic (exact) mass is 168 g/mol. The molecule has 0 amide bonds. The third-order valence-corrected chi connectivity index (χ3v) is 2.60. The topological polar surface area (TPSA) is 46.5 Å². The van der Waals surface area contributed by atoms with E-state index >= 15 is 0 Å². The van der Waals surface area contributed by atoms with Crippen molar-refractivity contribution in [3.05, 3.63) is 12.2 Å². The van der Waals surface area contributed by atoms with Gasteiger partial charge in [0.05, 0.1) is 12.5 Å². The number of aliphatic hydroxyl groups is 1. The second-order valence-electron chi connectivity index (χ2n) is 3.32. The van der Waals surface area contributed by atoms with E-state index in [9.17, 15) is 4.79 Å². The van der Waals surface area contributed by atoms with E-state index in [-0.39, 0.29) is 25.1 Å². The number of carbonyl (C=O) groups excluding carboxylic acids is 1. The van der Waals surface area contributed by atoms with Gasteiger partial charge in [0.2, 0.25) is 0 Å².